The zero-order chi connectivity index (χ0) is 17.6. The number of nitrogens with zero attached hydrogens (tertiary/aromatic N) is 1. The minimum Gasteiger partial charge on any atom is -0.397 e. The molecule has 3 N–H and O–H groups in total. The van der Waals surface area contributed by atoms with E-state index in [0.29, 0.717) is 23.4 Å². The van der Waals surface area contributed by atoms with Gasteiger partial charge in [-0.25, -0.2) is 0 Å². The smallest absolute Gasteiger partial charge is 0.255 e. The molecule has 0 bridgehead atoms. The minimum atomic E-state index is -0.217. The summed E-state index contributed by atoms with van der Waals surface area (Å²) in [5.74, 6) is -0.217. The van der Waals surface area contributed by atoms with Crippen LogP contribution in [0.15, 0.2) is 60.0 Å². The Bertz CT molecular complexity index is 909. The Hall–Kier alpha value is -3.10. The molecule has 0 aliphatic rings. The van der Waals surface area contributed by atoms with E-state index in [4.69, 9.17) is 11.0 Å². The third-order valence-corrected chi connectivity index (χ3v) is 4.67. The number of hydrogen-bond donors (Lipinski definition) is 2. The number of nitrogens with two attached hydrogens (primary N) is 1. The molecule has 5 heteroatoms. The van der Waals surface area contributed by atoms with Gasteiger partial charge in [-0.15, -0.1) is 11.3 Å². The number of amides is 1. The zero-order valence-corrected chi connectivity index (χ0v) is 14.2. The molecule has 3 rings (SSSR count). The van der Waals surface area contributed by atoms with Crippen LogP contribution in [-0.2, 0) is 6.42 Å². The van der Waals surface area contributed by atoms with Gasteiger partial charge in [-0.1, -0.05) is 24.3 Å². The molecule has 2 aromatic carbocycles. The SMILES string of the molecule is N#C[CH]Cc1ccc(C(=O)Nc2cc(-c3cccs3)ccc2N)cc1. The summed E-state index contributed by atoms with van der Waals surface area (Å²) in [5.41, 5.74) is 9.66. The lowest BCUT2D eigenvalue weighted by molar-refractivity contribution is 0.102. The van der Waals surface area contributed by atoms with E-state index in [0.717, 1.165) is 16.0 Å². The van der Waals surface area contributed by atoms with Crippen LogP contribution in [0.25, 0.3) is 10.4 Å². The third kappa shape index (κ3) is 4.06. The van der Waals surface area contributed by atoms with E-state index in [9.17, 15) is 4.79 Å². The van der Waals surface area contributed by atoms with Crippen molar-refractivity contribution in [1.29, 1.82) is 5.26 Å². The van der Waals surface area contributed by atoms with Crippen LogP contribution in [0, 0.1) is 17.8 Å². The first kappa shape index (κ1) is 16.7. The Balaban J connectivity index is 1.76. The number of hydrogen-bond acceptors (Lipinski definition) is 4. The normalized spacial score (nSPS) is 10.2. The van der Waals surface area contributed by atoms with E-state index in [1.807, 2.05) is 47.8 Å². The summed E-state index contributed by atoms with van der Waals surface area (Å²) in [6, 6.07) is 18.8. The number of nitrogen functional groups attached to an aromatic ring is 1. The van der Waals surface area contributed by atoms with Crippen LogP contribution in [0.5, 0.6) is 0 Å². The maximum Gasteiger partial charge on any atom is 0.255 e. The lowest BCUT2D eigenvalue weighted by atomic mass is 10.1. The molecule has 0 saturated carbocycles. The molecule has 0 unspecified atom stereocenters. The van der Waals surface area contributed by atoms with Crippen LogP contribution < -0.4 is 11.1 Å². The van der Waals surface area contributed by atoms with Crippen LogP contribution in [0.4, 0.5) is 11.4 Å². The lowest BCUT2D eigenvalue weighted by Crippen LogP contribution is -2.13. The maximum atomic E-state index is 12.5. The maximum absolute atomic E-state index is 12.5. The highest BCUT2D eigenvalue weighted by molar-refractivity contribution is 7.13. The Morgan fingerprint density at radius 1 is 1.20 bits per heavy atom. The monoisotopic (exact) mass is 346 g/mol. The van der Waals surface area contributed by atoms with Crippen molar-refractivity contribution < 1.29 is 4.79 Å². The fraction of sp³-hybridized carbons (Fsp3) is 0.0500. The van der Waals surface area contributed by atoms with Crippen molar-refractivity contribution >= 4 is 28.6 Å². The van der Waals surface area contributed by atoms with Crippen molar-refractivity contribution in [2.75, 3.05) is 11.1 Å². The summed E-state index contributed by atoms with van der Waals surface area (Å²) in [5, 5.41) is 13.5. The molecule has 0 aliphatic heterocycles. The molecule has 0 fully saturated rings. The van der Waals surface area contributed by atoms with E-state index >= 15 is 0 Å². The molecular formula is C20H16N3OS. The van der Waals surface area contributed by atoms with Gasteiger partial charge in [-0.05, 0) is 53.3 Å². The van der Waals surface area contributed by atoms with Gasteiger partial charge in [-0.2, -0.15) is 5.26 Å². The van der Waals surface area contributed by atoms with Gasteiger partial charge in [0.2, 0.25) is 0 Å². The predicted octanol–water partition coefficient (Wildman–Crippen LogP) is 4.52. The van der Waals surface area contributed by atoms with Gasteiger partial charge in [0.05, 0.1) is 23.9 Å². The standard InChI is InChI=1S/C20H16N3OS/c21-11-1-3-14-5-7-15(8-6-14)20(24)23-18-13-16(9-10-17(18)22)19-4-2-12-25-19/h1-2,4-10,12-13H,3,22H2,(H,23,24). The van der Waals surface area contributed by atoms with E-state index in [2.05, 4.69) is 5.32 Å². The first-order valence-corrected chi connectivity index (χ1v) is 8.60. The van der Waals surface area contributed by atoms with Crippen molar-refractivity contribution in [2.45, 2.75) is 6.42 Å². The van der Waals surface area contributed by atoms with Crippen LogP contribution >= 0.6 is 11.3 Å². The van der Waals surface area contributed by atoms with Crippen molar-refractivity contribution in [2.24, 2.45) is 0 Å². The van der Waals surface area contributed by atoms with Crippen molar-refractivity contribution in [3.63, 3.8) is 0 Å². The van der Waals surface area contributed by atoms with E-state index in [1.165, 1.54) is 6.42 Å². The Kier molecular flexibility index (Phi) is 5.12. The second-order valence-corrected chi connectivity index (χ2v) is 6.42. The summed E-state index contributed by atoms with van der Waals surface area (Å²) in [7, 11) is 0. The molecule has 123 valence electrons. The fourth-order valence-corrected chi connectivity index (χ4v) is 3.13. The first-order chi connectivity index (χ1) is 12.2. The van der Waals surface area contributed by atoms with Gasteiger partial charge in [0.15, 0.2) is 0 Å². The van der Waals surface area contributed by atoms with Gasteiger partial charge in [0.25, 0.3) is 5.91 Å². The molecule has 0 atom stereocenters. The van der Waals surface area contributed by atoms with Crippen molar-refractivity contribution in [3.8, 4) is 16.5 Å². The quantitative estimate of drug-likeness (QED) is 0.667. The average molecular weight is 346 g/mol. The molecule has 0 saturated heterocycles. The molecule has 4 nitrogen and oxygen atoms in total. The summed E-state index contributed by atoms with van der Waals surface area (Å²) < 4.78 is 0. The summed E-state index contributed by atoms with van der Waals surface area (Å²) >= 11 is 1.63. The molecule has 0 spiro atoms. The second kappa shape index (κ2) is 7.65. The average Bonchev–Trinajstić information content (AvgIpc) is 3.17. The summed E-state index contributed by atoms with van der Waals surface area (Å²) in [6.45, 7) is 0. The largest absolute Gasteiger partial charge is 0.397 e. The fourth-order valence-electron chi connectivity index (χ4n) is 2.41. The van der Waals surface area contributed by atoms with Gasteiger partial charge in [-0.3, -0.25) is 4.79 Å². The minimum absolute atomic E-state index is 0.217. The molecule has 1 amide bonds. The number of carbonyl (C=O) groups is 1. The molecule has 3 aromatic rings. The number of rotatable bonds is 5. The van der Waals surface area contributed by atoms with Crippen LogP contribution in [0.1, 0.15) is 15.9 Å². The van der Waals surface area contributed by atoms with Crippen molar-refractivity contribution in [3.05, 3.63) is 77.5 Å². The topological polar surface area (TPSA) is 78.9 Å². The van der Waals surface area contributed by atoms with E-state index < -0.39 is 0 Å². The van der Waals surface area contributed by atoms with Gasteiger partial charge in [0.1, 0.15) is 0 Å². The number of benzene rings is 2. The Morgan fingerprint density at radius 3 is 2.68 bits per heavy atom. The lowest BCUT2D eigenvalue weighted by Gasteiger charge is -2.10. The zero-order valence-electron chi connectivity index (χ0n) is 13.4. The summed E-state index contributed by atoms with van der Waals surface area (Å²) in [6.07, 6.45) is 2.08. The molecule has 1 heterocycles. The Labute approximate surface area is 150 Å². The number of nitrogens with one attached hydrogen (secondary N) is 1. The number of nitriles is 1. The number of thiophene rings is 1. The van der Waals surface area contributed by atoms with E-state index in [1.54, 1.807) is 29.5 Å². The Morgan fingerprint density at radius 2 is 2.00 bits per heavy atom. The first-order valence-electron chi connectivity index (χ1n) is 7.72. The van der Waals surface area contributed by atoms with Crippen LogP contribution in [-0.4, -0.2) is 5.91 Å². The van der Waals surface area contributed by atoms with Crippen LogP contribution in [0.2, 0.25) is 0 Å². The van der Waals surface area contributed by atoms with Gasteiger partial charge >= 0.3 is 0 Å². The number of carbonyl (C=O) groups excluding carboxylic acids is 1. The third-order valence-electron chi connectivity index (χ3n) is 3.75. The van der Waals surface area contributed by atoms with Gasteiger partial charge < -0.3 is 11.1 Å². The van der Waals surface area contributed by atoms with Crippen molar-refractivity contribution in [1.82, 2.24) is 0 Å². The molecule has 1 aromatic heterocycles. The second-order valence-electron chi connectivity index (χ2n) is 5.47. The van der Waals surface area contributed by atoms with Gasteiger partial charge in [0, 0.05) is 10.4 Å². The molecule has 0 aliphatic carbocycles. The number of anilines is 2. The molecule has 1 radical (unpaired) electrons. The van der Waals surface area contributed by atoms with E-state index in [-0.39, 0.29) is 5.91 Å². The molecule has 25 heavy (non-hydrogen) atoms. The highest BCUT2D eigenvalue weighted by Crippen LogP contribution is 2.30. The highest BCUT2D eigenvalue weighted by atomic mass is 32.1. The highest BCUT2D eigenvalue weighted by Gasteiger charge is 2.10. The predicted molar refractivity (Wildman–Crippen MR) is 102 cm³/mol. The molecular weight excluding hydrogens is 330 g/mol. The van der Waals surface area contributed by atoms with Crippen LogP contribution in [0.3, 0.4) is 0 Å². The summed E-state index contributed by atoms with van der Waals surface area (Å²) in [4.78, 5) is 13.6.